The van der Waals surface area contributed by atoms with E-state index < -0.39 is 63.3 Å². The summed E-state index contributed by atoms with van der Waals surface area (Å²) in [5, 5.41) is 24.1. The zero-order valence-electron chi connectivity index (χ0n) is 21.1. The molecule has 2 aromatic heterocycles. The molecule has 0 spiro atoms. The molecule has 5 rings (SSSR count). The van der Waals surface area contributed by atoms with E-state index >= 15 is 0 Å². The van der Waals surface area contributed by atoms with Crippen LogP contribution < -0.4 is 5.32 Å². The summed E-state index contributed by atoms with van der Waals surface area (Å²) in [6.07, 6.45) is -9.88. The van der Waals surface area contributed by atoms with Crippen LogP contribution >= 0.6 is 26.6 Å². The lowest BCUT2D eigenvalue weighted by molar-refractivity contribution is -0.136. The number of nitrogens with one attached hydrogen (secondary N) is 1. The molecule has 6 N–H and O–H groups in total. The summed E-state index contributed by atoms with van der Waals surface area (Å²) in [6, 6.07) is 8.06. The van der Waals surface area contributed by atoms with Crippen LogP contribution in [0.3, 0.4) is 0 Å². The molecule has 5 atom stereocenters. The van der Waals surface area contributed by atoms with E-state index in [0.29, 0.717) is 0 Å². The quantitative estimate of drug-likeness (QED) is 0.119. The first-order valence-corrected chi connectivity index (χ1v) is 16.4. The zero-order chi connectivity index (χ0) is 30.6. The van der Waals surface area contributed by atoms with Gasteiger partial charge in [-0.3, -0.25) is 13.7 Å². The van der Waals surface area contributed by atoms with Gasteiger partial charge in [0.15, 0.2) is 23.2 Å². The average Bonchev–Trinajstić information content (AvgIpc) is 3.41. The predicted octanol–water partition coefficient (Wildman–Crippen LogP) is 3.81. The van der Waals surface area contributed by atoms with Crippen LogP contribution in [0.1, 0.15) is 18.2 Å². The molecule has 226 valence electrons. The smallest absolute Gasteiger partial charge is 0.388 e. The third kappa shape index (κ3) is 6.32. The maximum Gasteiger partial charge on any atom is 0.417 e. The second-order valence-corrected chi connectivity index (χ2v) is 14.6. The fraction of sp³-hybridized carbons (Fsp3) is 0.348. The first-order valence-electron chi connectivity index (χ1n) is 12.2. The molecule has 13 nitrogen and oxygen atoms in total. The highest BCUT2D eigenvalue weighted by Gasteiger charge is 2.45. The number of benzene rings is 2. The normalized spacial score (nSPS) is 23.0. The van der Waals surface area contributed by atoms with Crippen LogP contribution in [0.15, 0.2) is 42.7 Å². The Labute approximate surface area is 239 Å². The number of ether oxygens (including phenoxy) is 1. The molecular weight excluding hydrogens is 629 g/mol. The predicted molar refractivity (Wildman–Crippen MR) is 145 cm³/mol. The van der Waals surface area contributed by atoms with E-state index in [1.54, 1.807) is 6.07 Å². The van der Waals surface area contributed by atoms with E-state index in [1.165, 1.54) is 35.2 Å². The molecule has 0 bridgehead atoms. The largest absolute Gasteiger partial charge is 0.417 e. The third-order valence-electron chi connectivity index (χ3n) is 6.66. The van der Waals surface area contributed by atoms with Gasteiger partial charge in [0.2, 0.25) is 12.7 Å². The van der Waals surface area contributed by atoms with Crippen LogP contribution in [0.4, 0.5) is 24.7 Å². The van der Waals surface area contributed by atoms with Crippen LogP contribution in [0.2, 0.25) is 5.28 Å². The minimum absolute atomic E-state index is 0.0249. The van der Waals surface area contributed by atoms with Gasteiger partial charge in [0.1, 0.15) is 18.1 Å². The number of alkyl halides is 3. The van der Waals surface area contributed by atoms with Crippen LogP contribution in [0.25, 0.3) is 21.9 Å². The Hall–Kier alpha value is -2.65. The monoisotopic (exact) mass is 651 g/mol. The zero-order valence-corrected chi connectivity index (χ0v) is 23.7. The summed E-state index contributed by atoms with van der Waals surface area (Å²) in [5.74, 6) is -1.21. The number of imidazole rings is 1. The van der Waals surface area contributed by atoms with Gasteiger partial charge in [0.05, 0.1) is 18.0 Å². The van der Waals surface area contributed by atoms with E-state index in [-0.39, 0.29) is 45.1 Å². The Morgan fingerprint density at radius 1 is 1.02 bits per heavy atom. The Kier molecular flexibility index (Phi) is 8.16. The summed E-state index contributed by atoms with van der Waals surface area (Å²) in [5.41, 5.74) is -0.433. The second-order valence-electron chi connectivity index (χ2n) is 9.71. The molecule has 0 saturated carbocycles. The Bertz CT molecular complexity index is 1750. The maximum atomic E-state index is 13.6. The van der Waals surface area contributed by atoms with Crippen LogP contribution in [0.5, 0.6) is 0 Å². The molecule has 42 heavy (non-hydrogen) atoms. The van der Waals surface area contributed by atoms with Crippen LogP contribution in [-0.2, 0) is 20.0 Å². The van der Waals surface area contributed by atoms with Gasteiger partial charge < -0.3 is 34.9 Å². The number of fused-ring (bicyclic) bond motifs is 2. The van der Waals surface area contributed by atoms with Crippen molar-refractivity contribution in [2.24, 2.45) is 0 Å². The van der Waals surface area contributed by atoms with E-state index in [9.17, 15) is 37.4 Å². The summed E-state index contributed by atoms with van der Waals surface area (Å²) in [7, 11) is -9.05. The van der Waals surface area contributed by atoms with Gasteiger partial charge in [-0.05, 0) is 35.5 Å². The summed E-state index contributed by atoms with van der Waals surface area (Å²) in [6.45, 7) is 0. The molecule has 19 heteroatoms. The van der Waals surface area contributed by atoms with Gasteiger partial charge in [-0.1, -0.05) is 24.3 Å². The maximum absolute atomic E-state index is 13.6. The van der Waals surface area contributed by atoms with Crippen molar-refractivity contribution >= 4 is 60.0 Å². The minimum Gasteiger partial charge on any atom is -0.388 e. The number of anilines is 2. The molecule has 0 aliphatic carbocycles. The number of nitrogens with zero attached hydrogens (tertiary/aromatic N) is 4. The molecule has 0 radical (unpaired) electrons. The SMILES string of the molecule is O=P(O)(O)CP(=O)(O)CC[C@H]1O[C@@H](n2cnc3c(Nc4ccc(C(F)(F)F)c5ccccc45)nc(Cl)nc32)C(O)C1O. The van der Waals surface area contributed by atoms with Gasteiger partial charge >= 0.3 is 13.8 Å². The Morgan fingerprint density at radius 2 is 1.71 bits per heavy atom. The fourth-order valence-corrected chi connectivity index (χ4v) is 8.52. The fourth-order valence-electron chi connectivity index (χ4n) is 4.83. The highest BCUT2D eigenvalue weighted by Crippen LogP contribution is 2.55. The molecule has 2 aromatic carbocycles. The summed E-state index contributed by atoms with van der Waals surface area (Å²) in [4.78, 5) is 40.4. The van der Waals surface area contributed by atoms with Gasteiger partial charge in [-0.25, -0.2) is 4.98 Å². The number of hydrogen-bond acceptors (Lipinski definition) is 9. The number of aliphatic hydroxyl groups is 2. The van der Waals surface area contributed by atoms with Crippen LogP contribution in [-0.4, -0.2) is 74.8 Å². The molecule has 1 saturated heterocycles. The molecule has 3 unspecified atom stereocenters. The lowest BCUT2D eigenvalue weighted by atomic mass is 10.0. The van der Waals surface area contributed by atoms with Crippen molar-refractivity contribution in [3.8, 4) is 0 Å². The summed E-state index contributed by atoms with van der Waals surface area (Å²) < 4.78 is 71.0. The van der Waals surface area contributed by atoms with Gasteiger partial charge in [-0.2, -0.15) is 23.1 Å². The minimum atomic E-state index is -4.77. The molecule has 3 heterocycles. The van der Waals surface area contributed by atoms with Crippen molar-refractivity contribution in [1.29, 1.82) is 0 Å². The molecule has 4 aromatic rings. The lowest BCUT2D eigenvalue weighted by Gasteiger charge is -2.18. The Morgan fingerprint density at radius 3 is 2.38 bits per heavy atom. The van der Waals surface area contributed by atoms with Crippen molar-refractivity contribution in [3.05, 3.63) is 53.6 Å². The van der Waals surface area contributed by atoms with Gasteiger partial charge in [0.25, 0.3) is 0 Å². The van der Waals surface area contributed by atoms with Gasteiger partial charge in [0, 0.05) is 17.2 Å². The average molecular weight is 652 g/mol. The van der Waals surface area contributed by atoms with Crippen molar-refractivity contribution in [3.63, 3.8) is 0 Å². The molecule has 1 aliphatic heterocycles. The third-order valence-corrected chi connectivity index (χ3v) is 11.0. The van der Waals surface area contributed by atoms with E-state index in [4.69, 9.17) is 26.1 Å². The van der Waals surface area contributed by atoms with Crippen molar-refractivity contribution in [1.82, 2.24) is 19.5 Å². The highest BCUT2D eigenvalue weighted by molar-refractivity contribution is 7.72. The first kappa shape index (κ1) is 30.8. The number of aliphatic hydroxyl groups excluding tert-OH is 2. The highest BCUT2D eigenvalue weighted by atomic mass is 35.5. The van der Waals surface area contributed by atoms with E-state index in [2.05, 4.69) is 20.3 Å². The molecule has 1 fully saturated rings. The van der Waals surface area contributed by atoms with Crippen molar-refractivity contribution in [2.75, 3.05) is 17.4 Å². The number of rotatable bonds is 8. The van der Waals surface area contributed by atoms with Crippen molar-refractivity contribution < 1.29 is 51.9 Å². The molecule has 1 aliphatic rings. The Balaban J connectivity index is 1.44. The van der Waals surface area contributed by atoms with Crippen molar-refractivity contribution in [2.45, 2.75) is 37.1 Å². The van der Waals surface area contributed by atoms with Crippen LogP contribution in [0, 0.1) is 0 Å². The van der Waals surface area contributed by atoms with E-state index in [1.807, 2.05) is 0 Å². The second kappa shape index (κ2) is 11.1. The lowest BCUT2D eigenvalue weighted by Crippen LogP contribution is -2.32. The van der Waals surface area contributed by atoms with Gasteiger partial charge in [-0.15, -0.1) is 0 Å². The molecule has 0 amide bonds. The number of hydrogen-bond donors (Lipinski definition) is 6. The topological polar surface area (TPSA) is 200 Å². The molecular formula is C23H23ClF3N5O8P2. The number of aromatic nitrogens is 4. The first-order chi connectivity index (χ1) is 19.5. The standard InChI is InChI=1S/C23H23ClF3N5O8P2/c24-22-30-19(29-14-6-5-13(23(25,26)27)11-3-1-2-4-12(11)14)16-20(31-22)32(9-28-16)21-18(34)17(33)15(40-21)7-8-41(35,36)10-42(37,38)39/h1-6,9,15,17-18,21,33-34H,7-8,10H2,(H,35,36)(H,29,30,31)(H2,37,38,39)/t15-,17?,18?,21-/m1/s1. The van der Waals surface area contributed by atoms with E-state index in [0.717, 1.165) is 6.07 Å². The summed E-state index contributed by atoms with van der Waals surface area (Å²) >= 11 is 6.15. The number of halogens is 4.